The van der Waals surface area contributed by atoms with Crippen LogP contribution in [0.25, 0.3) is 71.3 Å². The number of aromatic nitrogens is 2. The van der Waals surface area contributed by atoms with E-state index in [1.807, 2.05) is 30.5 Å². The Morgan fingerprint density at radius 1 is 0.469 bits per heavy atom. The van der Waals surface area contributed by atoms with Crippen LogP contribution in [0.5, 0.6) is 0 Å². The number of nitrogens with zero attached hydrogens (tertiary/aromatic N) is 3. The first kappa shape index (κ1) is 27.5. The second-order valence-electron chi connectivity index (χ2n) is 12.4. The second-order valence-corrected chi connectivity index (χ2v) is 12.4. The van der Waals surface area contributed by atoms with Crippen molar-refractivity contribution < 1.29 is 4.42 Å². The third-order valence-corrected chi connectivity index (χ3v) is 9.62. The van der Waals surface area contributed by atoms with Crippen molar-refractivity contribution in [1.29, 1.82) is 0 Å². The van der Waals surface area contributed by atoms with Crippen molar-refractivity contribution in [3.8, 4) is 16.8 Å². The summed E-state index contributed by atoms with van der Waals surface area (Å²) in [6, 6.07) is 60.2. The fourth-order valence-corrected chi connectivity index (χ4v) is 7.36. The van der Waals surface area contributed by atoms with Crippen molar-refractivity contribution >= 4 is 71.7 Å². The lowest BCUT2D eigenvalue weighted by Crippen LogP contribution is -2.11. The predicted octanol–water partition coefficient (Wildman–Crippen LogP) is 12.4. The van der Waals surface area contributed by atoms with Crippen molar-refractivity contribution in [3.05, 3.63) is 176 Å². The molecule has 10 aromatic rings. The van der Waals surface area contributed by atoms with Gasteiger partial charge in [0.05, 0.1) is 17.2 Å². The smallest absolute Gasteiger partial charge is 0.153 e. The first-order valence-electron chi connectivity index (χ1n) is 16.5. The molecule has 0 saturated carbocycles. The van der Waals surface area contributed by atoms with Crippen LogP contribution in [0.2, 0.25) is 0 Å². The zero-order valence-corrected chi connectivity index (χ0v) is 26.5. The van der Waals surface area contributed by atoms with Gasteiger partial charge in [-0.15, -0.1) is 0 Å². The molecule has 3 heterocycles. The molecule has 0 aliphatic heterocycles. The third kappa shape index (κ3) is 4.42. The lowest BCUT2D eigenvalue weighted by Gasteiger charge is -2.24. The van der Waals surface area contributed by atoms with Gasteiger partial charge in [-0.05, 0) is 71.1 Å². The minimum atomic E-state index is 0.782. The lowest BCUT2D eigenvalue weighted by atomic mass is 10.0. The summed E-state index contributed by atoms with van der Waals surface area (Å²) < 4.78 is 8.51. The highest BCUT2D eigenvalue weighted by atomic mass is 16.3. The minimum absolute atomic E-state index is 0.782. The first-order valence-corrected chi connectivity index (χ1v) is 16.5. The summed E-state index contributed by atoms with van der Waals surface area (Å²) in [6.07, 6.45) is 1.83. The largest absolute Gasteiger partial charge is 0.454 e. The maximum absolute atomic E-state index is 6.09. The molecule has 3 aromatic heterocycles. The summed E-state index contributed by atoms with van der Waals surface area (Å²) in [5, 5.41) is 7.15. The molecule has 0 aliphatic carbocycles. The van der Waals surface area contributed by atoms with E-state index in [0.717, 1.165) is 55.9 Å². The molecule has 4 nitrogen and oxygen atoms in total. The molecule has 0 saturated heterocycles. The molecule has 0 unspecified atom stereocenters. The van der Waals surface area contributed by atoms with Crippen molar-refractivity contribution in [1.82, 2.24) is 9.55 Å². The number of para-hydroxylation sites is 3. The van der Waals surface area contributed by atoms with Gasteiger partial charge >= 0.3 is 0 Å². The summed E-state index contributed by atoms with van der Waals surface area (Å²) in [7, 11) is 0. The van der Waals surface area contributed by atoms with E-state index in [9.17, 15) is 0 Å². The van der Waals surface area contributed by atoms with Crippen LogP contribution < -0.4 is 4.90 Å². The quantitative estimate of drug-likeness (QED) is 0.190. The normalized spacial score (nSPS) is 11.7. The first-order chi connectivity index (χ1) is 24.3. The maximum atomic E-state index is 6.09. The van der Waals surface area contributed by atoms with E-state index in [-0.39, 0.29) is 0 Å². The van der Waals surface area contributed by atoms with E-state index >= 15 is 0 Å². The van der Waals surface area contributed by atoms with E-state index in [1.165, 1.54) is 32.6 Å². The van der Waals surface area contributed by atoms with E-state index in [1.54, 1.807) is 0 Å². The number of hydrogen-bond donors (Lipinski definition) is 0. The molecule has 10 rings (SSSR count). The van der Waals surface area contributed by atoms with Gasteiger partial charge in [0.15, 0.2) is 5.58 Å². The molecule has 4 heteroatoms. The number of hydrogen-bond acceptors (Lipinski definition) is 3. The predicted molar refractivity (Wildman–Crippen MR) is 203 cm³/mol. The standard InChI is InChI=1S/C45H29N3O/c1-2-13-33(14-3-1)47(44-28-40-38-18-7-9-20-42(38)49-43(40)29-46-44)34-24-21-30(22-25-34)32-12-10-15-35(27-32)48-41-19-8-6-17-37(41)39-26-23-31-11-4-5-16-36(31)45(39)48/h1-29H. The SMILES string of the molecule is c1ccc(N(c2ccc(-c3cccc(-n4c5ccccc5c5ccc6ccccc6c54)c3)cc2)c2cc3c(cn2)oc2ccccc23)cc1. The molecule has 0 amide bonds. The molecule has 0 fully saturated rings. The van der Waals surface area contributed by atoms with Gasteiger partial charge in [0, 0.05) is 44.0 Å². The van der Waals surface area contributed by atoms with E-state index < -0.39 is 0 Å². The van der Waals surface area contributed by atoms with Crippen molar-refractivity contribution in [2.24, 2.45) is 0 Å². The number of pyridine rings is 1. The fourth-order valence-electron chi connectivity index (χ4n) is 7.36. The molecule has 49 heavy (non-hydrogen) atoms. The molecule has 0 aliphatic rings. The van der Waals surface area contributed by atoms with Crippen LogP contribution in [0.4, 0.5) is 17.2 Å². The van der Waals surface area contributed by atoms with Gasteiger partial charge in [0.1, 0.15) is 11.4 Å². The Bertz CT molecular complexity index is 2830. The van der Waals surface area contributed by atoms with Gasteiger partial charge < -0.3 is 8.98 Å². The monoisotopic (exact) mass is 627 g/mol. The number of fused-ring (bicyclic) bond motifs is 8. The Kier molecular flexibility index (Phi) is 6.15. The van der Waals surface area contributed by atoms with Gasteiger partial charge in [-0.2, -0.15) is 0 Å². The van der Waals surface area contributed by atoms with Crippen molar-refractivity contribution in [2.45, 2.75) is 0 Å². The Labute approximate surface area is 282 Å². The Balaban J connectivity index is 1.09. The van der Waals surface area contributed by atoms with Crippen molar-refractivity contribution in [3.63, 3.8) is 0 Å². The zero-order chi connectivity index (χ0) is 32.3. The Hall–Kier alpha value is -6.65. The summed E-state index contributed by atoms with van der Waals surface area (Å²) in [5.41, 5.74) is 9.59. The second kappa shape index (κ2) is 11.0. The number of rotatable bonds is 5. The average molecular weight is 628 g/mol. The molecule has 0 atom stereocenters. The lowest BCUT2D eigenvalue weighted by molar-refractivity contribution is 0.667. The van der Waals surface area contributed by atoms with Crippen LogP contribution in [-0.2, 0) is 0 Å². The van der Waals surface area contributed by atoms with Gasteiger partial charge in [-0.3, -0.25) is 4.90 Å². The molecule has 0 spiro atoms. The molecule has 7 aromatic carbocycles. The van der Waals surface area contributed by atoms with Crippen LogP contribution >= 0.6 is 0 Å². The topological polar surface area (TPSA) is 34.2 Å². The van der Waals surface area contributed by atoms with Crippen molar-refractivity contribution in [2.75, 3.05) is 4.90 Å². The fraction of sp³-hybridized carbons (Fsp3) is 0. The van der Waals surface area contributed by atoms with E-state index in [2.05, 4.69) is 155 Å². The molecular weight excluding hydrogens is 599 g/mol. The van der Waals surface area contributed by atoms with Gasteiger partial charge in [-0.1, -0.05) is 115 Å². The summed E-state index contributed by atoms with van der Waals surface area (Å²) >= 11 is 0. The van der Waals surface area contributed by atoms with Crippen LogP contribution in [0.1, 0.15) is 0 Å². The number of anilines is 3. The van der Waals surface area contributed by atoms with Gasteiger partial charge in [0.2, 0.25) is 0 Å². The highest BCUT2D eigenvalue weighted by molar-refractivity contribution is 6.18. The summed E-state index contributed by atoms with van der Waals surface area (Å²) in [5.74, 6) is 0.832. The number of furan rings is 1. The van der Waals surface area contributed by atoms with Crippen LogP contribution in [-0.4, -0.2) is 9.55 Å². The molecule has 0 radical (unpaired) electrons. The molecular formula is C45H29N3O. The van der Waals surface area contributed by atoms with E-state index in [4.69, 9.17) is 9.40 Å². The molecule has 0 N–H and O–H groups in total. The van der Waals surface area contributed by atoms with Crippen LogP contribution in [0.15, 0.2) is 180 Å². The average Bonchev–Trinajstić information content (AvgIpc) is 3.72. The third-order valence-electron chi connectivity index (χ3n) is 9.62. The van der Waals surface area contributed by atoms with Crippen LogP contribution in [0.3, 0.4) is 0 Å². The Morgan fingerprint density at radius 3 is 2.08 bits per heavy atom. The highest BCUT2D eigenvalue weighted by Gasteiger charge is 2.18. The summed E-state index contributed by atoms with van der Waals surface area (Å²) in [4.78, 5) is 7.08. The highest BCUT2D eigenvalue weighted by Crippen LogP contribution is 2.39. The maximum Gasteiger partial charge on any atom is 0.153 e. The van der Waals surface area contributed by atoms with E-state index in [0.29, 0.717) is 0 Å². The van der Waals surface area contributed by atoms with Crippen LogP contribution in [0, 0.1) is 0 Å². The van der Waals surface area contributed by atoms with Gasteiger partial charge in [-0.25, -0.2) is 4.98 Å². The molecule has 230 valence electrons. The summed E-state index contributed by atoms with van der Waals surface area (Å²) in [6.45, 7) is 0. The molecule has 0 bridgehead atoms. The van der Waals surface area contributed by atoms with Gasteiger partial charge in [0.25, 0.3) is 0 Å². The number of benzene rings is 7. The minimum Gasteiger partial charge on any atom is -0.454 e. The zero-order valence-electron chi connectivity index (χ0n) is 26.5. The Morgan fingerprint density at radius 2 is 1.20 bits per heavy atom.